The van der Waals surface area contributed by atoms with Crippen molar-refractivity contribution in [3.63, 3.8) is 0 Å². The van der Waals surface area contributed by atoms with Crippen LogP contribution in [0.2, 0.25) is 0 Å². The topological polar surface area (TPSA) is 29.3 Å². The predicted molar refractivity (Wildman–Crippen MR) is 69.8 cm³/mol. The standard InChI is InChI=1S/C14H21FN2/c1-2-10-17(12-6-7-12)14-11(8-9-16)4-3-5-13(14)15/h3-5,12H,2,6-10,16H2,1H3. The van der Waals surface area contributed by atoms with Crippen LogP contribution in [0, 0.1) is 5.82 Å². The maximum absolute atomic E-state index is 14.1. The highest BCUT2D eigenvalue weighted by Gasteiger charge is 2.31. The zero-order valence-corrected chi connectivity index (χ0v) is 10.5. The molecule has 0 heterocycles. The quantitative estimate of drug-likeness (QED) is 0.823. The van der Waals surface area contributed by atoms with E-state index in [-0.39, 0.29) is 5.82 Å². The van der Waals surface area contributed by atoms with Gasteiger partial charge in [0.25, 0.3) is 0 Å². The molecular formula is C14H21FN2. The Morgan fingerprint density at radius 3 is 2.76 bits per heavy atom. The van der Waals surface area contributed by atoms with Crippen molar-refractivity contribution in [2.45, 2.75) is 38.6 Å². The van der Waals surface area contributed by atoms with Crippen LogP contribution >= 0.6 is 0 Å². The molecule has 0 radical (unpaired) electrons. The molecule has 0 bridgehead atoms. The number of benzene rings is 1. The molecule has 2 nitrogen and oxygen atoms in total. The second-order valence-electron chi connectivity index (χ2n) is 4.71. The average Bonchev–Trinajstić information content (AvgIpc) is 3.12. The normalized spacial score (nSPS) is 15.0. The fraction of sp³-hybridized carbons (Fsp3) is 0.571. The van der Waals surface area contributed by atoms with E-state index in [1.165, 1.54) is 12.8 Å². The Hall–Kier alpha value is -1.09. The molecule has 1 aromatic rings. The summed E-state index contributed by atoms with van der Waals surface area (Å²) in [5.74, 6) is -0.101. The third-order valence-electron chi connectivity index (χ3n) is 3.22. The average molecular weight is 236 g/mol. The number of para-hydroxylation sites is 1. The number of nitrogens with zero attached hydrogens (tertiary/aromatic N) is 1. The number of nitrogens with two attached hydrogens (primary N) is 1. The lowest BCUT2D eigenvalue weighted by Crippen LogP contribution is -2.29. The van der Waals surface area contributed by atoms with Gasteiger partial charge in [-0.2, -0.15) is 0 Å². The van der Waals surface area contributed by atoms with Crippen molar-refractivity contribution < 1.29 is 4.39 Å². The van der Waals surface area contributed by atoms with E-state index in [0.717, 1.165) is 30.6 Å². The number of anilines is 1. The Kier molecular flexibility index (Phi) is 4.00. The van der Waals surface area contributed by atoms with Crippen LogP contribution in [0.25, 0.3) is 0 Å². The molecule has 1 fully saturated rings. The highest BCUT2D eigenvalue weighted by Crippen LogP contribution is 2.35. The van der Waals surface area contributed by atoms with Gasteiger partial charge in [0.2, 0.25) is 0 Å². The van der Waals surface area contributed by atoms with Crippen LogP contribution < -0.4 is 10.6 Å². The van der Waals surface area contributed by atoms with Gasteiger partial charge in [-0.1, -0.05) is 19.1 Å². The maximum atomic E-state index is 14.1. The molecule has 17 heavy (non-hydrogen) atoms. The summed E-state index contributed by atoms with van der Waals surface area (Å²) >= 11 is 0. The van der Waals surface area contributed by atoms with Gasteiger partial charge >= 0.3 is 0 Å². The molecule has 94 valence electrons. The zero-order chi connectivity index (χ0) is 12.3. The first kappa shape index (κ1) is 12.4. The van der Waals surface area contributed by atoms with E-state index in [4.69, 9.17) is 5.73 Å². The molecule has 0 unspecified atom stereocenters. The van der Waals surface area contributed by atoms with E-state index in [1.54, 1.807) is 12.1 Å². The summed E-state index contributed by atoms with van der Waals surface area (Å²) in [5.41, 5.74) is 7.45. The molecule has 3 heteroatoms. The third-order valence-corrected chi connectivity index (χ3v) is 3.22. The molecule has 1 aliphatic carbocycles. The first-order valence-electron chi connectivity index (χ1n) is 6.52. The van der Waals surface area contributed by atoms with Crippen LogP contribution in [0.1, 0.15) is 31.7 Å². The Morgan fingerprint density at radius 2 is 2.18 bits per heavy atom. The molecule has 0 spiro atoms. The minimum absolute atomic E-state index is 0.101. The summed E-state index contributed by atoms with van der Waals surface area (Å²) in [6.07, 6.45) is 4.18. The number of rotatable bonds is 6. The number of halogens is 1. The monoisotopic (exact) mass is 236 g/mol. The molecular weight excluding hydrogens is 215 g/mol. The Balaban J connectivity index is 2.32. The van der Waals surface area contributed by atoms with Crippen molar-refractivity contribution in [2.24, 2.45) is 5.73 Å². The second kappa shape index (κ2) is 5.50. The number of hydrogen-bond acceptors (Lipinski definition) is 2. The summed E-state index contributed by atoms with van der Waals surface area (Å²) in [7, 11) is 0. The smallest absolute Gasteiger partial charge is 0.146 e. The van der Waals surface area contributed by atoms with Gasteiger partial charge in [-0.25, -0.2) is 4.39 Å². The second-order valence-corrected chi connectivity index (χ2v) is 4.71. The van der Waals surface area contributed by atoms with E-state index in [0.29, 0.717) is 12.6 Å². The first-order chi connectivity index (χ1) is 8.27. The Labute approximate surface area is 103 Å². The molecule has 2 rings (SSSR count). The van der Waals surface area contributed by atoms with E-state index < -0.39 is 0 Å². The SMILES string of the molecule is CCCN(c1c(F)cccc1CCN)C1CC1. The van der Waals surface area contributed by atoms with Crippen molar-refractivity contribution in [3.8, 4) is 0 Å². The van der Waals surface area contributed by atoms with Gasteiger partial charge in [0.1, 0.15) is 5.82 Å². The summed E-state index contributed by atoms with van der Waals surface area (Å²) in [4.78, 5) is 2.24. The van der Waals surface area contributed by atoms with Crippen LogP contribution in [0.4, 0.5) is 10.1 Å². The fourth-order valence-electron chi connectivity index (χ4n) is 2.34. The van der Waals surface area contributed by atoms with E-state index >= 15 is 0 Å². The molecule has 2 N–H and O–H groups in total. The van der Waals surface area contributed by atoms with Crippen molar-refractivity contribution in [1.29, 1.82) is 0 Å². The summed E-state index contributed by atoms with van der Waals surface area (Å²) < 4.78 is 14.1. The summed E-state index contributed by atoms with van der Waals surface area (Å²) in [6, 6.07) is 5.88. The van der Waals surface area contributed by atoms with Gasteiger partial charge in [-0.3, -0.25) is 0 Å². The lowest BCUT2D eigenvalue weighted by Gasteiger charge is -2.27. The molecule has 0 amide bonds. The lowest BCUT2D eigenvalue weighted by atomic mass is 10.1. The zero-order valence-electron chi connectivity index (χ0n) is 10.5. The van der Waals surface area contributed by atoms with Gasteiger partial charge in [-0.05, 0) is 43.9 Å². The number of hydrogen-bond donors (Lipinski definition) is 1. The fourth-order valence-corrected chi connectivity index (χ4v) is 2.34. The largest absolute Gasteiger partial charge is 0.366 e. The van der Waals surface area contributed by atoms with Crippen LogP contribution in [-0.2, 0) is 6.42 Å². The Bertz CT molecular complexity index is 374. The van der Waals surface area contributed by atoms with E-state index in [1.807, 2.05) is 6.07 Å². The van der Waals surface area contributed by atoms with Crippen LogP contribution in [0.5, 0.6) is 0 Å². The van der Waals surface area contributed by atoms with Gasteiger partial charge in [-0.15, -0.1) is 0 Å². The van der Waals surface area contributed by atoms with Crippen molar-refractivity contribution in [3.05, 3.63) is 29.6 Å². The van der Waals surface area contributed by atoms with Crippen molar-refractivity contribution in [2.75, 3.05) is 18.0 Å². The third kappa shape index (κ3) is 2.78. The highest BCUT2D eigenvalue weighted by molar-refractivity contribution is 5.56. The molecule has 1 saturated carbocycles. The first-order valence-corrected chi connectivity index (χ1v) is 6.52. The lowest BCUT2D eigenvalue weighted by molar-refractivity contribution is 0.610. The van der Waals surface area contributed by atoms with Gasteiger partial charge in [0, 0.05) is 12.6 Å². The molecule has 1 aliphatic rings. The van der Waals surface area contributed by atoms with Crippen molar-refractivity contribution in [1.82, 2.24) is 0 Å². The van der Waals surface area contributed by atoms with E-state index in [9.17, 15) is 4.39 Å². The highest BCUT2D eigenvalue weighted by atomic mass is 19.1. The van der Waals surface area contributed by atoms with Gasteiger partial charge in [0.15, 0.2) is 0 Å². The minimum Gasteiger partial charge on any atom is -0.366 e. The van der Waals surface area contributed by atoms with E-state index in [2.05, 4.69) is 11.8 Å². The van der Waals surface area contributed by atoms with Crippen LogP contribution in [-0.4, -0.2) is 19.1 Å². The molecule has 0 saturated heterocycles. The molecule has 0 atom stereocenters. The maximum Gasteiger partial charge on any atom is 0.146 e. The Morgan fingerprint density at radius 1 is 1.41 bits per heavy atom. The van der Waals surface area contributed by atoms with Crippen LogP contribution in [0.3, 0.4) is 0 Å². The van der Waals surface area contributed by atoms with Gasteiger partial charge in [0.05, 0.1) is 5.69 Å². The van der Waals surface area contributed by atoms with Crippen molar-refractivity contribution >= 4 is 5.69 Å². The van der Waals surface area contributed by atoms with Crippen LogP contribution in [0.15, 0.2) is 18.2 Å². The molecule has 1 aromatic carbocycles. The summed E-state index contributed by atoms with van der Waals surface area (Å²) in [5, 5.41) is 0. The predicted octanol–water partition coefficient (Wildman–Crippen LogP) is 2.71. The summed E-state index contributed by atoms with van der Waals surface area (Å²) in [6.45, 7) is 3.64. The molecule has 0 aromatic heterocycles. The van der Waals surface area contributed by atoms with Gasteiger partial charge < -0.3 is 10.6 Å². The minimum atomic E-state index is -0.101. The molecule has 0 aliphatic heterocycles.